The lowest BCUT2D eigenvalue weighted by Crippen LogP contribution is -2.59. The fourth-order valence-electron chi connectivity index (χ4n) is 4.88. The van der Waals surface area contributed by atoms with Gasteiger partial charge in [-0.25, -0.2) is 14.4 Å². The largest absolute Gasteiger partial charge is 0.508 e. The van der Waals surface area contributed by atoms with Crippen molar-refractivity contribution < 1.29 is 14.3 Å². The van der Waals surface area contributed by atoms with Crippen molar-refractivity contribution in [3.05, 3.63) is 109 Å². The second-order valence-electron chi connectivity index (χ2n) is 9.51. The molecule has 0 spiro atoms. The second kappa shape index (κ2) is 10.9. The predicted molar refractivity (Wildman–Crippen MR) is 158 cm³/mol. The van der Waals surface area contributed by atoms with E-state index < -0.39 is 18.0 Å². The summed E-state index contributed by atoms with van der Waals surface area (Å²) in [6.07, 6.45) is 2.58. The summed E-state index contributed by atoms with van der Waals surface area (Å²) in [5.41, 5.74) is 11.6. The van der Waals surface area contributed by atoms with Gasteiger partial charge < -0.3 is 21.6 Å². The maximum Gasteiger partial charge on any atom is 0.279 e. The zero-order chi connectivity index (χ0) is 28.5. The molecule has 1 amide bonds. The van der Waals surface area contributed by atoms with Crippen LogP contribution in [0.4, 0.5) is 21.7 Å². The molecule has 0 saturated carbocycles. The SMILES string of the molecule is C[C@H](Nc1ncnc(N)c1-c1cc(O)cc(F)c1)C1Nn2ccc(Sc3ccccc3)c2C(=O)N1c1ccccc1. The zero-order valence-corrected chi connectivity index (χ0v) is 22.7. The van der Waals surface area contributed by atoms with Crippen LogP contribution in [-0.2, 0) is 0 Å². The standard InChI is InChI=1S/C30H26FN7O2S/c1-18(35-28-25(27(32)33-17-34-28)19-14-20(31)16-22(39)15-19)29-36-37-13-12-24(41-23-10-6-3-7-11-23)26(37)30(40)38(29)21-8-4-2-5-9-21/h2-18,29,36,39H,1H3,(H3,32,33,34,35)/t18-,29?/m0/s1. The first kappa shape index (κ1) is 26.2. The van der Waals surface area contributed by atoms with Crippen LogP contribution in [0.3, 0.4) is 0 Å². The number of carbonyl (C=O) groups excluding carboxylic acids is 1. The molecule has 3 aromatic carbocycles. The van der Waals surface area contributed by atoms with Crippen LogP contribution in [0.2, 0.25) is 0 Å². The van der Waals surface area contributed by atoms with Gasteiger partial charge in [-0.05, 0) is 55.0 Å². The van der Waals surface area contributed by atoms with Crippen LogP contribution in [0, 0.1) is 5.82 Å². The van der Waals surface area contributed by atoms with Crippen LogP contribution in [0.5, 0.6) is 5.75 Å². The van der Waals surface area contributed by atoms with E-state index in [0.717, 1.165) is 15.9 Å². The molecule has 0 saturated heterocycles. The number of fused-ring (bicyclic) bond motifs is 1. The molecule has 0 fully saturated rings. The van der Waals surface area contributed by atoms with Crippen LogP contribution >= 0.6 is 11.8 Å². The molecule has 6 rings (SSSR count). The molecule has 9 nitrogen and oxygen atoms in total. The van der Waals surface area contributed by atoms with E-state index in [-0.39, 0.29) is 17.5 Å². The van der Waals surface area contributed by atoms with E-state index in [1.54, 1.807) is 9.58 Å². The average Bonchev–Trinajstić information content (AvgIpc) is 3.36. The van der Waals surface area contributed by atoms with E-state index in [2.05, 4.69) is 20.7 Å². The maximum absolute atomic E-state index is 14.2. The van der Waals surface area contributed by atoms with Crippen LogP contribution in [-0.4, -0.2) is 37.9 Å². The summed E-state index contributed by atoms with van der Waals surface area (Å²) in [4.78, 5) is 26.2. The normalized spacial score (nSPS) is 15.2. The molecule has 0 aliphatic carbocycles. The van der Waals surface area contributed by atoms with Crippen molar-refractivity contribution in [3.8, 4) is 16.9 Å². The Hall–Kier alpha value is -5.03. The number of nitrogens with zero attached hydrogens (tertiary/aromatic N) is 4. The average molecular weight is 568 g/mol. The fraction of sp³-hybridized carbons (Fsp3) is 0.100. The molecule has 5 aromatic rings. The molecule has 3 heterocycles. The van der Waals surface area contributed by atoms with Gasteiger partial charge in [0.15, 0.2) is 0 Å². The Kier molecular flexibility index (Phi) is 6.94. The molecular formula is C30H26FN7O2S. The number of benzene rings is 3. The van der Waals surface area contributed by atoms with E-state index in [1.807, 2.05) is 79.9 Å². The lowest BCUT2D eigenvalue weighted by Gasteiger charge is -2.41. The second-order valence-corrected chi connectivity index (χ2v) is 10.6. The Bertz CT molecular complexity index is 1700. The third kappa shape index (κ3) is 5.14. The summed E-state index contributed by atoms with van der Waals surface area (Å²) in [6, 6.07) is 24.4. The summed E-state index contributed by atoms with van der Waals surface area (Å²) in [6.45, 7) is 1.90. The van der Waals surface area contributed by atoms with Crippen molar-refractivity contribution in [3.63, 3.8) is 0 Å². The van der Waals surface area contributed by atoms with Gasteiger partial charge >= 0.3 is 0 Å². The first-order valence-corrected chi connectivity index (χ1v) is 13.7. The van der Waals surface area contributed by atoms with Gasteiger partial charge in [-0.2, -0.15) is 0 Å². The number of nitrogens with one attached hydrogen (secondary N) is 2. The number of aromatic hydroxyl groups is 1. The molecule has 2 atom stereocenters. The number of rotatable bonds is 7. The zero-order valence-electron chi connectivity index (χ0n) is 21.9. The van der Waals surface area contributed by atoms with Crippen LogP contribution < -0.4 is 21.4 Å². The van der Waals surface area contributed by atoms with Gasteiger partial charge in [0.05, 0.1) is 11.6 Å². The van der Waals surface area contributed by atoms with E-state index in [0.29, 0.717) is 28.3 Å². The molecule has 1 aliphatic rings. The number of carbonyl (C=O) groups is 1. The van der Waals surface area contributed by atoms with Gasteiger partial charge in [-0.3, -0.25) is 14.4 Å². The highest BCUT2D eigenvalue weighted by atomic mass is 32.2. The summed E-state index contributed by atoms with van der Waals surface area (Å²) in [7, 11) is 0. The quantitative estimate of drug-likeness (QED) is 0.202. The van der Waals surface area contributed by atoms with E-state index in [1.165, 1.54) is 30.2 Å². The summed E-state index contributed by atoms with van der Waals surface area (Å²) >= 11 is 1.52. The number of halogens is 1. The third-order valence-corrected chi connectivity index (χ3v) is 7.77. The van der Waals surface area contributed by atoms with Gasteiger partial charge in [-0.15, -0.1) is 0 Å². The monoisotopic (exact) mass is 567 g/mol. The van der Waals surface area contributed by atoms with Gasteiger partial charge in [-0.1, -0.05) is 48.2 Å². The topological polar surface area (TPSA) is 121 Å². The van der Waals surface area contributed by atoms with Crippen LogP contribution in [0.15, 0.2) is 107 Å². The van der Waals surface area contributed by atoms with Crippen molar-refractivity contribution in [1.29, 1.82) is 0 Å². The Morgan fingerprint density at radius 1 is 1.05 bits per heavy atom. The number of para-hydroxylation sites is 1. The lowest BCUT2D eigenvalue weighted by atomic mass is 10.1. The minimum Gasteiger partial charge on any atom is -0.508 e. The highest BCUT2D eigenvalue weighted by Crippen LogP contribution is 2.37. The molecule has 206 valence electrons. The first-order chi connectivity index (χ1) is 19.9. The minimum atomic E-state index is -0.624. The van der Waals surface area contributed by atoms with Crippen LogP contribution in [0.1, 0.15) is 17.4 Å². The van der Waals surface area contributed by atoms with Crippen molar-refractivity contribution in [1.82, 2.24) is 14.6 Å². The van der Waals surface area contributed by atoms with E-state index >= 15 is 0 Å². The molecule has 5 N–H and O–H groups in total. The van der Waals surface area contributed by atoms with Gasteiger partial charge in [0.1, 0.15) is 41.4 Å². The van der Waals surface area contributed by atoms with Crippen molar-refractivity contribution in [2.45, 2.75) is 28.9 Å². The number of nitrogen functional groups attached to an aromatic ring is 1. The molecule has 11 heteroatoms. The highest BCUT2D eigenvalue weighted by Gasteiger charge is 2.38. The van der Waals surface area contributed by atoms with Crippen molar-refractivity contribution in [2.24, 2.45) is 0 Å². The number of nitrogens with two attached hydrogens (primary N) is 1. The highest BCUT2D eigenvalue weighted by molar-refractivity contribution is 7.99. The van der Waals surface area contributed by atoms with Gasteiger partial charge in [0.2, 0.25) is 0 Å². The Morgan fingerprint density at radius 3 is 2.51 bits per heavy atom. The Morgan fingerprint density at radius 2 is 1.78 bits per heavy atom. The number of amides is 1. The molecule has 1 aliphatic heterocycles. The molecule has 41 heavy (non-hydrogen) atoms. The van der Waals surface area contributed by atoms with Gasteiger partial charge in [0, 0.05) is 27.7 Å². The number of phenols is 1. The molecular weight excluding hydrogens is 541 g/mol. The molecule has 0 bridgehead atoms. The van der Waals surface area contributed by atoms with Crippen molar-refractivity contribution in [2.75, 3.05) is 21.4 Å². The number of hydrogen-bond acceptors (Lipinski definition) is 8. The van der Waals surface area contributed by atoms with Crippen LogP contribution in [0.25, 0.3) is 11.1 Å². The van der Waals surface area contributed by atoms with Crippen molar-refractivity contribution >= 4 is 35.0 Å². The molecule has 1 unspecified atom stereocenters. The summed E-state index contributed by atoms with van der Waals surface area (Å²) in [5.74, 6) is -0.601. The third-order valence-electron chi connectivity index (χ3n) is 6.71. The number of hydrogen-bond donors (Lipinski definition) is 4. The summed E-state index contributed by atoms with van der Waals surface area (Å²) in [5, 5.41) is 13.3. The molecule has 2 aromatic heterocycles. The summed E-state index contributed by atoms with van der Waals surface area (Å²) < 4.78 is 15.9. The smallest absolute Gasteiger partial charge is 0.279 e. The minimum absolute atomic E-state index is 0.113. The predicted octanol–water partition coefficient (Wildman–Crippen LogP) is 5.55. The molecule has 0 radical (unpaired) electrons. The first-order valence-electron chi connectivity index (χ1n) is 12.9. The number of anilines is 3. The number of aromatic nitrogens is 3. The number of phenolic OH excluding ortho intramolecular Hbond substituents is 1. The fourth-order valence-corrected chi connectivity index (χ4v) is 5.84. The Balaban J connectivity index is 1.37. The van der Waals surface area contributed by atoms with Gasteiger partial charge in [0.25, 0.3) is 5.91 Å². The maximum atomic E-state index is 14.2. The Labute approximate surface area is 239 Å². The lowest BCUT2D eigenvalue weighted by molar-refractivity contribution is 0.0952. The van der Waals surface area contributed by atoms with E-state index in [9.17, 15) is 14.3 Å². The van der Waals surface area contributed by atoms with E-state index in [4.69, 9.17) is 5.73 Å².